The van der Waals surface area contributed by atoms with Crippen molar-refractivity contribution in [1.82, 2.24) is 5.32 Å². The second kappa shape index (κ2) is 12.3. The first-order chi connectivity index (χ1) is 15.3. The van der Waals surface area contributed by atoms with Crippen LogP contribution in [0.25, 0.3) is 0 Å². The zero-order valence-electron chi connectivity index (χ0n) is 17.9. The van der Waals surface area contributed by atoms with Gasteiger partial charge in [0.15, 0.2) is 11.5 Å². The standard InChI is InChI=1S/C23H24BrFN2O4S.ClH/c1-30-22-13-18(12-21(24)23(22)31-15-17-2-6-19(25)7-3-17)14-27-11-10-16-4-8-20(9-5-16)32(26,28)29;/h2-9,12-13,27H,10-11,14-15H2,1H3,(H2,26,28,29);1H. The smallest absolute Gasteiger partial charge is 0.238 e. The summed E-state index contributed by atoms with van der Waals surface area (Å²) in [5.74, 6) is 0.886. The molecule has 3 N–H and O–H groups in total. The summed E-state index contributed by atoms with van der Waals surface area (Å²) in [6, 6.07) is 16.5. The zero-order chi connectivity index (χ0) is 23.1. The van der Waals surface area contributed by atoms with Gasteiger partial charge in [-0.2, -0.15) is 0 Å². The van der Waals surface area contributed by atoms with Crippen LogP contribution in [0.15, 0.2) is 70.0 Å². The maximum absolute atomic E-state index is 13.1. The number of methoxy groups -OCH3 is 1. The van der Waals surface area contributed by atoms with Crippen molar-refractivity contribution in [3.05, 3.63) is 87.6 Å². The van der Waals surface area contributed by atoms with Gasteiger partial charge in [-0.05, 0) is 82.0 Å². The van der Waals surface area contributed by atoms with Crippen molar-refractivity contribution in [3.63, 3.8) is 0 Å². The molecule has 3 rings (SSSR count). The molecule has 0 bridgehead atoms. The van der Waals surface area contributed by atoms with Gasteiger partial charge >= 0.3 is 0 Å². The lowest BCUT2D eigenvalue weighted by Crippen LogP contribution is -2.17. The van der Waals surface area contributed by atoms with Gasteiger partial charge in [-0.15, -0.1) is 12.4 Å². The molecule has 0 aliphatic carbocycles. The Morgan fingerprint density at radius 3 is 2.24 bits per heavy atom. The maximum atomic E-state index is 13.1. The van der Waals surface area contributed by atoms with E-state index in [0.29, 0.717) is 24.6 Å². The second-order valence-electron chi connectivity index (χ2n) is 7.14. The predicted molar refractivity (Wildman–Crippen MR) is 132 cm³/mol. The minimum atomic E-state index is -3.67. The number of nitrogens with one attached hydrogen (secondary N) is 1. The number of benzene rings is 3. The Labute approximate surface area is 207 Å². The number of ether oxygens (including phenoxy) is 2. The minimum Gasteiger partial charge on any atom is -0.493 e. The van der Waals surface area contributed by atoms with Gasteiger partial charge in [0, 0.05) is 6.54 Å². The minimum absolute atomic E-state index is 0. The number of rotatable bonds is 10. The zero-order valence-corrected chi connectivity index (χ0v) is 21.1. The van der Waals surface area contributed by atoms with Crippen molar-refractivity contribution >= 4 is 38.4 Å². The van der Waals surface area contributed by atoms with E-state index in [4.69, 9.17) is 14.6 Å². The number of hydrogen-bond acceptors (Lipinski definition) is 5. The molecule has 3 aromatic rings. The fourth-order valence-electron chi connectivity index (χ4n) is 3.06. The maximum Gasteiger partial charge on any atom is 0.238 e. The molecular formula is C23H25BrClFN2O4S. The van der Waals surface area contributed by atoms with Crippen molar-refractivity contribution in [2.24, 2.45) is 5.14 Å². The molecule has 0 unspecified atom stereocenters. The van der Waals surface area contributed by atoms with Gasteiger partial charge in [0.2, 0.25) is 10.0 Å². The van der Waals surface area contributed by atoms with E-state index in [0.717, 1.165) is 27.6 Å². The largest absolute Gasteiger partial charge is 0.493 e. The molecule has 10 heteroatoms. The molecule has 0 saturated heterocycles. The Hall–Kier alpha value is -2.17. The van der Waals surface area contributed by atoms with Crippen LogP contribution in [0.1, 0.15) is 16.7 Å². The summed E-state index contributed by atoms with van der Waals surface area (Å²) in [6.45, 7) is 1.61. The third-order valence-electron chi connectivity index (χ3n) is 4.76. The monoisotopic (exact) mass is 558 g/mol. The molecular weight excluding hydrogens is 535 g/mol. The van der Waals surface area contributed by atoms with E-state index >= 15 is 0 Å². The highest BCUT2D eigenvalue weighted by Gasteiger charge is 2.12. The van der Waals surface area contributed by atoms with Crippen LogP contribution in [-0.2, 0) is 29.6 Å². The van der Waals surface area contributed by atoms with Crippen LogP contribution in [0.3, 0.4) is 0 Å². The second-order valence-corrected chi connectivity index (χ2v) is 9.56. The predicted octanol–water partition coefficient (Wildman–Crippen LogP) is 4.58. The van der Waals surface area contributed by atoms with E-state index in [1.165, 1.54) is 24.3 Å². The van der Waals surface area contributed by atoms with Gasteiger partial charge in [-0.3, -0.25) is 0 Å². The molecule has 0 aliphatic rings. The molecule has 33 heavy (non-hydrogen) atoms. The summed E-state index contributed by atoms with van der Waals surface area (Å²) in [5, 5.41) is 8.48. The number of hydrogen-bond donors (Lipinski definition) is 2. The van der Waals surface area contributed by atoms with Crippen LogP contribution in [0.5, 0.6) is 11.5 Å². The van der Waals surface area contributed by atoms with E-state index in [2.05, 4.69) is 21.2 Å². The summed E-state index contributed by atoms with van der Waals surface area (Å²) in [5.41, 5.74) is 2.86. The van der Waals surface area contributed by atoms with E-state index in [-0.39, 0.29) is 29.7 Å². The lowest BCUT2D eigenvalue weighted by Gasteiger charge is -2.15. The van der Waals surface area contributed by atoms with E-state index in [1.54, 1.807) is 31.4 Å². The summed E-state index contributed by atoms with van der Waals surface area (Å²) in [7, 11) is -2.10. The summed E-state index contributed by atoms with van der Waals surface area (Å²) in [6.07, 6.45) is 0.738. The van der Waals surface area contributed by atoms with Gasteiger partial charge in [0.1, 0.15) is 12.4 Å². The van der Waals surface area contributed by atoms with Gasteiger partial charge < -0.3 is 14.8 Å². The van der Waals surface area contributed by atoms with Gasteiger partial charge in [0.05, 0.1) is 16.5 Å². The topological polar surface area (TPSA) is 90.6 Å². The normalized spacial score (nSPS) is 11.0. The number of primary sulfonamides is 1. The number of sulfonamides is 1. The summed E-state index contributed by atoms with van der Waals surface area (Å²) < 4.78 is 47.8. The Morgan fingerprint density at radius 2 is 1.64 bits per heavy atom. The highest BCUT2D eigenvalue weighted by Crippen LogP contribution is 2.37. The molecule has 0 heterocycles. The van der Waals surface area contributed by atoms with Crippen LogP contribution in [-0.4, -0.2) is 22.1 Å². The van der Waals surface area contributed by atoms with E-state index < -0.39 is 10.0 Å². The molecule has 0 radical (unpaired) electrons. The van der Waals surface area contributed by atoms with Crippen molar-refractivity contribution in [2.45, 2.75) is 24.5 Å². The van der Waals surface area contributed by atoms with E-state index in [1.807, 2.05) is 12.1 Å². The first-order valence-corrected chi connectivity index (χ1v) is 12.2. The number of halogens is 3. The van der Waals surface area contributed by atoms with Crippen molar-refractivity contribution in [1.29, 1.82) is 0 Å². The average molecular weight is 560 g/mol. The third kappa shape index (κ3) is 7.97. The highest BCUT2D eigenvalue weighted by atomic mass is 79.9. The Bertz CT molecular complexity index is 1160. The van der Waals surface area contributed by atoms with Crippen LogP contribution < -0.4 is 19.9 Å². The lowest BCUT2D eigenvalue weighted by molar-refractivity contribution is 0.282. The quantitative estimate of drug-likeness (QED) is 0.355. The lowest BCUT2D eigenvalue weighted by atomic mass is 10.1. The van der Waals surface area contributed by atoms with Crippen LogP contribution in [0.2, 0.25) is 0 Å². The molecule has 0 fully saturated rings. The number of nitrogens with two attached hydrogens (primary N) is 1. The first kappa shape index (κ1) is 27.1. The molecule has 0 aromatic heterocycles. The molecule has 0 aliphatic heterocycles. The highest BCUT2D eigenvalue weighted by molar-refractivity contribution is 9.10. The molecule has 6 nitrogen and oxygen atoms in total. The molecule has 178 valence electrons. The van der Waals surface area contributed by atoms with Crippen molar-refractivity contribution < 1.29 is 22.3 Å². The Kier molecular flexibility index (Phi) is 10.1. The van der Waals surface area contributed by atoms with Crippen molar-refractivity contribution in [2.75, 3.05) is 13.7 Å². The van der Waals surface area contributed by atoms with Gasteiger partial charge in [-0.25, -0.2) is 17.9 Å². The fraction of sp³-hybridized carbons (Fsp3) is 0.217. The first-order valence-electron chi connectivity index (χ1n) is 9.82. The summed E-state index contributed by atoms with van der Waals surface area (Å²) >= 11 is 3.54. The van der Waals surface area contributed by atoms with Crippen LogP contribution >= 0.6 is 28.3 Å². The van der Waals surface area contributed by atoms with Crippen LogP contribution in [0, 0.1) is 5.82 Å². The average Bonchev–Trinajstić information content (AvgIpc) is 2.76. The Morgan fingerprint density at radius 1 is 1.00 bits per heavy atom. The van der Waals surface area contributed by atoms with Gasteiger partial charge in [0.25, 0.3) is 0 Å². The van der Waals surface area contributed by atoms with Gasteiger partial charge in [-0.1, -0.05) is 24.3 Å². The SMILES string of the molecule is COc1cc(CNCCc2ccc(S(N)(=O)=O)cc2)cc(Br)c1OCc1ccc(F)cc1.Cl. The molecule has 0 amide bonds. The molecule has 0 spiro atoms. The van der Waals surface area contributed by atoms with Crippen LogP contribution in [0.4, 0.5) is 4.39 Å². The molecule has 0 atom stereocenters. The summed E-state index contributed by atoms with van der Waals surface area (Å²) in [4.78, 5) is 0.105. The van der Waals surface area contributed by atoms with Crippen molar-refractivity contribution in [3.8, 4) is 11.5 Å². The molecule has 3 aromatic carbocycles. The third-order valence-corrected chi connectivity index (χ3v) is 6.28. The Balaban J connectivity index is 0.00000385. The molecule has 0 saturated carbocycles. The fourth-order valence-corrected chi connectivity index (χ4v) is 4.18. The van der Waals surface area contributed by atoms with E-state index in [9.17, 15) is 12.8 Å².